The molecule has 31 heavy (non-hydrogen) atoms. The molecule has 0 spiro atoms. The molecule has 0 saturated carbocycles. The number of methoxy groups -OCH3 is 1. The fourth-order valence-electron chi connectivity index (χ4n) is 3.82. The van der Waals surface area contributed by atoms with E-state index in [9.17, 15) is 0 Å². The van der Waals surface area contributed by atoms with Crippen molar-refractivity contribution in [3.63, 3.8) is 0 Å². The standard InChI is InChI=1S/C24H31ClN4OS/c1-4-28(5-2)13-8-14-29(17-18-16-26-21-10-7-6-9-20(18)21)24(31)27-22-15-19(25)11-12-23(22)30-3/h6-7,9-12,15-16,26H,4-5,8,13-14,17H2,1-3H3,(H,27,31)/p+1. The first-order chi connectivity index (χ1) is 15.0. The average molecular weight is 460 g/mol. The van der Waals surface area contributed by atoms with E-state index in [1.807, 2.05) is 24.3 Å². The summed E-state index contributed by atoms with van der Waals surface area (Å²) in [5, 5.41) is 5.89. The smallest absolute Gasteiger partial charge is 0.173 e. The number of nitrogens with zero attached hydrogens (tertiary/aromatic N) is 1. The number of para-hydroxylation sites is 1. The van der Waals surface area contributed by atoms with E-state index in [0.29, 0.717) is 15.9 Å². The summed E-state index contributed by atoms with van der Waals surface area (Å²) in [6, 6.07) is 13.9. The van der Waals surface area contributed by atoms with Crippen LogP contribution in [0, 0.1) is 0 Å². The van der Waals surface area contributed by atoms with Crippen LogP contribution in [-0.2, 0) is 6.54 Å². The fourth-order valence-corrected chi connectivity index (χ4v) is 4.25. The molecule has 0 atom stereocenters. The van der Waals surface area contributed by atoms with E-state index >= 15 is 0 Å². The molecule has 0 aliphatic rings. The number of quaternary nitrogens is 1. The molecule has 1 heterocycles. The highest BCUT2D eigenvalue weighted by molar-refractivity contribution is 7.80. The van der Waals surface area contributed by atoms with Gasteiger partial charge in [0, 0.05) is 41.6 Å². The number of anilines is 1. The van der Waals surface area contributed by atoms with E-state index in [2.05, 4.69) is 53.4 Å². The van der Waals surface area contributed by atoms with Gasteiger partial charge in [-0.05, 0) is 55.9 Å². The maximum atomic E-state index is 6.21. The van der Waals surface area contributed by atoms with Gasteiger partial charge in [-0.2, -0.15) is 0 Å². The van der Waals surface area contributed by atoms with Crippen LogP contribution in [0.5, 0.6) is 5.75 Å². The van der Waals surface area contributed by atoms with Crippen LogP contribution in [0.25, 0.3) is 10.9 Å². The molecule has 0 aliphatic heterocycles. The van der Waals surface area contributed by atoms with Gasteiger partial charge < -0.3 is 24.8 Å². The highest BCUT2D eigenvalue weighted by atomic mass is 35.5. The molecule has 3 rings (SSSR count). The Morgan fingerprint density at radius 3 is 2.71 bits per heavy atom. The summed E-state index contributed by atoms with van der Waals surface area (Å²) in [6.07, 6.45) is 3.14. The van der Waals surface area contributed by atoms with Crippen LogP contribution in [0.2, 0.25) is 5.02 Å². The van der Waals surface area contributed by atoms with Crippen LogP contribution in [0.3, 0.4) is 0 Å². The van der Waals surface area contributed by atoms with E-state index in [1.54, 1.807) is 12.0 Å². The van der Waals surface area contributed by atoms with Gasteiger partial charge in [-0.15, -0.1) is 0 Å². The molecule has 5 nitrogen and oxygen atoms in total. The predicted octanol–water partition coefficient (Wildman–Crippen LogP) is 4.34. The summed E-state index contributed by atoms with van der Waals surface area (Å²) in [7, 11) is 1.65. The molecule has 1 aromatic heterocycles. The number of thiocarbonyl (C=S) groups is 1. The summed E-state index contributed by atoms with van der Waals surface area (Å²) < 4.78 is 5.48. The third-order valence-electron chi connectivity index (χ3n) is 5.68. The Balaban J connectivity index is 1.79. The average Bonchev–Trinajstić information content (AvgIpc) is 3.19. The number of rotatable bonds is 10. The van der Waals surface area contributed by atoms with Crippen LogP contribution in [0.1, 0.15) is 25.8 Å². The lowest BCUT2D eigenvalue weighted by Crippen LogP contribution is -3.11. The van der Waals surface area contributed by atoms with Crippen molar-refractivity contribution in [1.82, 2.24) is 9.88 Å². The van der Waals surface area contributed by atoms with Crippen LogP contribution in [0.15, 0.2) is 48.7 Å². The normalized spacial score (nSPS) is 11.1. The quantitative estimate of drug-likeness (QED) is 0.394. The molecule has 0 aliphatic carbocycles. The molecule has 166 valence electrons. The maximum Gasteiger partial charge on any atom is 0.173 e. The third-order valence-corrected chi connectivity index (χ3v) is 6.28. The second kappa shape index (κ2) is 11.4. The molecule has 3 aromatic rings. The Morgan fingerprint density at radius 2 is 1.97 bits per heavy atom. The number of nitrogens with one attached hydrogen (secondary N) is 3. The van der Waals surface area contributed by atoms with E-state index in [4.69, 9.17) is 28.6 Å². The zero-order chi connectivity index (χ0) is 22.2. The minimum absolute atomic E-state index is 0.638. The van der Waals surface area contributed by atoms with Gasteiger partial charge in [0.25, 0.3) is 0 Å². The van der Waals surface area contributed by atoms with Crippen LogP contribution >= 0.6 is 23.8 Å². The Hall–Kier alpha value is -2.28. The van der Waals surface area contributed by atoms with Crippen molar-refractivity contribution in [2.45, 2.75) is 26.8 Å². The lowest BCUT2D eigenvalue weighted by atomic mass is 10.1. The molecular weight excluding hydrogens is 428 g/mol. The number of aromatic amines is 1. The van der Waals surface area contributed by atoms with Gasteiger partial charge in [0.2, 0.25) is 0 Å². The van der Waals surface area contributed by atoms with Gasteiger partial charge in [0.05, 0.1) is 32.4 Å². The Labute approximate surface area is 195 Å². The number of H-pyrrole nitrogens is 1. The first-order valence-corrected chi connectivity index (χ1v) is 11.6. The number of hydrogen-bond acceptors (Lipinski definition) is 2. The van der Waals surface area contributed by atoms with Crippen molar-refractivity contribution in [3.8, 4) is 5.75 Å². The molecule has 0 fully saturated rings. The lowest BCUT2D eigenvalue weighted by Gasteiger charge is -2.27. The summed E-state index contributed by atoms with van der Waals surface area (Å²) in [5.74, 6) is 0.714. The summed E-state index contributed by atoms with van der Waals surface area (Å²) in [5.41, 5.74) is 3.15. The monoisotopic (exact) mass is 459 g/mol. The van der Waals surface area contributed by atoms with Gasteiger partial charge in [-0.25, -0.2) is 0 Å². The van der Waals surface area contributed by atoms with Crippen LogP contribution < -0.4 is 15.0 Å². The number of ether oxygens (including phenoxy) is 1. The minimum atomic E-state index is 0.638. The molecule has 0 radical (unpaired) electrons. The van der Waals surface area contributed by atoms with Gasteiger partial charge in [-0.3, -0.25) is 0 Å². The van der Waals surface area contributed by atoms with Crippen molar-refractivity contribution in [2.75, 3.05) is 38.6 Å². The Morgan fingerprint density at radius 1 is 1.19 bits per heavy atom. The molecule has 2 aromatic carbocycles. The van der Waals surface area contributed by atoms with E-state index in [-0.39, 0.29) is 0 Å². The van der Waals surface area contributed by atoms with Crippen molar-refractivity contribution < 1.29 is 9.64 Å². The summed E-state index contributed by atoms with van der Waals surface area (Å²) in [4.78, 5) is 7.20. The third kappa shape index (κ3) is 6.12. The SMILES string of the molecule is CC[NH+](CC)CCCN(Cc1c[nH]c2ccccc12)C(=S)Nc1cc(Cl)ccc1OC. The fraction of sp³-hybridized carbons (Fsp3) is 0.375. The highest BCUT2D eigenvalue weighted by Gasteiger charge is 2.16. The highest BCUT2D eigenvalue weighted by Crippen LogP contribution is 2.28. The van der Waals surface area contributed by atoms with Crippen molar-refractivity contribution in [3.05, 3.63) is 59.2 Å². The predicted molar refractivity (Wildman–Crippen MR) is 134 cm³/mol. The van der Waals surface area contributed by atoms with E-state index in [1.165, 1.54) is 10.9 Å². The number of hydrogen-bond donors (Lipinski definition) is 3. The number of halogens is 1. The summed E-state index contributed by atoms with van der Waals surface area (Å²) >= 11 is 12.0. The number of aromatic nitrogens is 1. The van der Waals surface area contributed by atoms with Gasteiger partial charge >= 0.3 is 0 Å². The van der Waals surface area contributed by atoms with Crippen molar-refractivity contribution >= 4 is 45.5 Å². The molecule has 7 heteroatoms. The first-order valence-electron chi connectivity index (χ1n) is 10.8. The molecule has 3 N–H and O–H groups in total. The second-order valence-corrected chi connectivity index (χ2v) is 8.44. The van der Waals surface area contributed by atoms with Crippen molar-refractivity contribution in [1.29, 1.82) is 0 Å². The van der Waals surface area contributed by atoms with E-state index in [0.717, 1.165) is 50.3 Å². The molecule has 0 bridgehead atoms. The zero-order valence-corrected chi connectivity index (χ0v) is 20.1. The van der Waals surface area contributed by atoms with Gasteiger partial charge in [-0.1, -0.05) is 29.8 Å². The molecule has 0 saturated heterocycles. The molecule has 0 unspecified atom stereocenters. The van der Waals surface area contributed by atoms with Crippen molar-refractivity contribution in [2.24, 2.45) is 0 Å². The Bertz CT molecular complexity index is 1000. The second-order valence-electron chi connectivity index (χ2n) is 7.62. The van der Waals surface area contributed by atoms with Gasteiger partial charge in [0.15, 0.2) is 5.11 Å². The topological polar surface area (TPSA) is 44.7 Å². The minimum Gasteiger partial charge on any atom is -0.495 e. The zero-order valence-electron chi connectivity index (χ0n) is 18.5. The molecular formula is C24H32ClN4OS+. The lowest BCUT2D eigenvalue weighted by molar-refractivity contribution is -0.896. The first kappa shape index (κ1) is 23.4. The maximum absolute atomic E-state index is 6.21. The Kier molecular flexibility index (Phi) is 8.58. The van der Waals surface area contributed by atoms with E-state index < -0.39 is 0 Å². The van der Waals surface area contributed by atoms with Crippen LogP contribution in [-0.4, -0.2) is 48.3 Å². The molecule has 0 amide bonds. The summed E-state index contributed by atoms with van der Waals surface area (Å²) in [6.45, 7) is 9.48. The van der Waals surface area contributed by atoms with Gasteiger partial charge in [0.1, 0.15) is 5.75 Å². The largest absolute Gasteiger partial charge is 0.495 e. The van der Waals surface area contributed by atoms with Crippen LogP contribution in [0.4, 0.5) is 5.69 Å². The number of benzene rings is 2. The number of fused-ring (bicyclic) bond motifs is 1.